The van der Waals surface area contributed by atoms with Crippen molar-refractivity contribution in [2.24, 2.45) is 0 Å². The molecule has 0 spiro atoms. The molecule has 0 saturated carbocycles. The van der Waals surface area contributed by atoms with E-state index < -0.39 is 0 Å². The predicted molar refractivity (Wildman–Crippen MR) is 82.7 cm³/mol. The van der Waals surface area contributed by atoms with Crippen LogP contribution in [0.5, 0.6) is 0 Å². The molecule has 0 radical (unpaired) electrons. The Morgan fingerprint density at radius 3 is 2.41 bits per heavy atom. The third-order valence-electron chi connectivity index (χ3n) is 2.74. The minimum Gasteiger partial charge on any atom is -0.355 e. The summed E-state index contributed by atoms with van der Waals surface area (Å²) in [5.74, 6) is 0. The highest BCUT2D eigenvalue weighted by atomic mass is 127. The van der Waals surface area contributed by atoms with Gasteiger partial charge in [-0.05, 0) is 6.42 Å². The molecule has 0 fully saturated rings. The quantitative estimate of drug-likeness (QED) is 0.166. The lowest BCUT2D eigenvalue weighted by atomic mass is 10.1. The van der Waals surface area contributed by atoms with E-state index in [0.29, 0.717) is 10.5 Å². The van der Waals surface area contributed by atoms with Gasteiger partial charge in [-0.3, -0.25) is 0 Å². The number of alkyl halides is 1. The summed E-state index contributed by atoms with van der Waals surface area (Å²) in [7, 11) is 1.71. The van der Waals surface area contributed by atoms with Gasteiger partial charge < -0.3 is 9.47 Å². The van der Waals surface area contributed by atoms with E-state index in [1.54, 1.807) is 13.2 Å². The first-order valence-electron chi connectivity index (χ1n) is 6.65. The zero-order valence-electron chi connectivity index (χ0n) is 11.3. The predicted octanol–water partition coefficient (Wildman–Crippen LogP) is 4.72. The lowest BCUT2D eigenvalue weighted by molar-refractivity contribution is -0.112. The smallest absolute Gasteiger partial charge is 0.169 e. The molecule has 0 aliphatic carbocycles. The van der Waals surface area contributed by atoms with Crippen molar-refractivity contribution in [3.8, 4) is 0 Å². The second kappa shape index (κ2) is 12.8. The molecule has 0 heterocycles. The minimum atomic E-state index is -0.0933. The second-order valence-electron chi connectivity index (χ2n) is 4.30. The summed E-state index contributed by atoms with van der Waals surface area (Å²) >= 11 is 2.43. The highest BCUT2D eigenvalue weighted by molar-refractivity contribution is 14.1. The summed E-state index contributed by atoms with van der Waals surface area (Å²) < 4.78 is 11.3. The van der Waals surface area contributed by atoms with Crippen molar-refractivity contribution in [3.63, 3.8) is 0 Å². The van der Waals surface area contributed by atoms with Crippen LogP contribution in [0, 0.1) is 0 Å². The van der Waals surface area contributed by atoms with Crippen molar-refractivity contribution >= 4 is 22.6 Å². The van der Waals surface area contributed by atoms with Crippen LogP contribution in [-0.4, -0.2) is 23.9 Å². The van der Waals surface area contributed by atoms with Gasteiger partial charge in [-0.1, -0.05) is 74.1 Å². The zero-order chi connectivity index (χ0) is 12.9. The maximum absolute atomic E-state index is 5.55. The molecule has 0 aromatic rings. The van der Waals surface area contributed by atoms with Crippen LogP contribution in [0.25, 0.3) is 0 Å². The van der Waals surface area contributed by atoms with Crippen molar-refractivity contribution in [3.05, 3.63) is 12.7 Å². The molecule has 3 heteroatoms. The maximum atomic E-state index is 5.55. The molecule has 1 unspecified atom stereocenters. The van der Waals surface area contributed by atoms with Crippen molar-refractivity contribution in [1.29, 1.82) is 0 Å². The highest BCUT2D eigenvalue weighted by Crippen LogP contribution is 2.19. The Labute approximate surface area is 120 Å². The number of hydrogen-bond donors (Lipinski definition) is 0. The molecular formula is C14H27IO2. The summed E-state index contributed by atoms with van der Waals surface area (Å²) in [6.07, 6.45) is 10.9. The van der Waals surface area contributed by atoms with Crippen molar-refractivity contribution in [2.45, 2.75) is 62.1 Å². The lowest BCUT2D eigenvalue weighted by Gasteiger charge is -2.20. The Morgan fingerprint density at radius 2 is 1.82 bits per heavy atom. The van der Waals surface area contributed by atoms with Crippen LogP contribution >= 0.6 is 22.6 Å². The molecule has 0 aromatic carbocycles. The summed E-state index contributed by atoms with van der Waals surface area (Å²) in [4.78, 5) is 0. The molecule has 17 heavy (non-hydrogen) atoms. The molecule has 0 bridgehead atoms. The van der Waals surface area contributed by atoms with Crippen LogP contribution in [0.3, 0.4) is 0 Å². The average Bonchev–Trinajstić information content (AvgIpc) is 2.34. The van der Waals surface area contributed by atoms with Gasteiger partial charge in [-0.2, -0.15) is 0 Å². The van der Waals surface area contributed by atoms with Crippen LogP contribution in [0.15, 0.2) is 12.7 Å². The molecule has 2 atom stereocenters. The van der Waals surface area contributed by atoms with Crippen molar-refractivity contribution < 1.29 is 9.47 Å². The fourth-order valence-corrected chi connectivity index (χ4v) is 2.68. The Morgan fingerprint density at radius 1 is 1.18 bits per heavy atom. The third-order valence-corrected chi connectivity index (χ3v) is 3.95. The van der Waals surface area contributed by atoms with E-state index in [9.17, 15) is 0 Å². The molecule has 0 aromatic heterocycles. The van der Waals surface area contributed by atoms with Gasteiger partial charge in [-0.25, -0.2) is 0 Å². The zero-order valence-corrected chi connectivity index (χ0v) is 13.4. The number of hydrogen-bond acceptors (Lipinski definition) is 2. The van der Waals surface area contributed by atoms with E-state index in [-0.39, 0.29) is 6.29 Å². The van der Waals surface area contributed by atoms with Gasteiger partial charge in [0.2, 0.25) is 0 Å². The third kappa shape index (κ3) is 10.0. The molecule has 0 amide bonds. The van der Waals surface area contributed by atoms with E-state index >= 15 is 0 Å². The van der Waals surface area contributed by atoms with Gasteiger partial charge in [-0.15, -0.1) is 6.58 Å². The first-order chi connectivity index (χ1) is 8.26. The molecular weight excluding hydrogens is 327 g/mol. The van der Waals surface area contributed by atoms with E-state index in [1.807, 2.05) is 0 Å². The Hall–Kier alpha value is 0.390. The largest absolute Gasteiger partial charge is 0.355 e. The van der Waals surface area contributed by atoms with E-state index in [0.717, 1.165) is 0 Å². The summed E-state index contributed by atoms with van der Waals surface area (Å²) in [6.45, 7) is 6.46. The monoisotopic (exact) mass is 354 g/mol. The van der Waals surface area contributed by atoms with Gasteiger partial charge >= 0.3 is 0 Å². The van der Waals surface area contributed by atoms with Crippen molar-refractivity contribution in [1.82, 2.24) is 0 Å². The topological polar surface area (TPSA) is 18.5 Å². The fourth-order valence-electron chi connectivity index (χ4n) is 1.74. The van der Waals surface area contributed by atoms with E-state index in [2.05, 4.69) is 36.1 Å². The lowest BCUT2D eigenvalue weighted by Crippen LogP contribution is -2.26. The van der Waals surface area contributed by atoms with Crippen LogP contribution < -0.4 is 0 Å². The number of halogens is 1. The standard InChI is InChI=1S/C14H27IO2/c1-4-6-7-8-9-10-11-13(15)14(16-3)17-12-5-2/h5,13-14H,2,4,6-12H2,1,3H3/t13-,14?/m0/s1. The molecule has 102 valence electrons. The van der Waals surface area contributed by atoms with E-state index in [4.69, 9.17) is 9.47 Å². The SMILES string of the molecule is C=CCOC(OC)[C@@H](I)CCCCCCCC. The molecule has 0 rings (SSSR count). The van der Waals surface area contributed by atoms with Crippen LogP contribution in [0.4, 0.5) is 0 Å². The normalized spacial score (nSPS) is 14.5. The number of rotatable bonds is 12. The van der Waals surface area contributed by atoms with Gasteiger partial charge in [0.1, 0.15) is 0 Å². The minimum absolute atomic E-state index is 0.0933. The Bertz CT molecular complexity index is 174. The average molecular weight is 354 g/mol. The molecule has 0 N–H and O–H groups in total. The summed E-state index contributed by atoms with van der Waals surface area (Å²) in [6, 6.07) is 0. The number of ether oxygens (including phenoxy) is 2. The van der Waals surface area contributed by atoms with Crippen LogP contribution in [0.2, 0.25) is 0 Å². The van der Waals surface area contributed by atoms with Gasteiger partial charge in [0, 0.05) is 7.11 Å². The highest BCUT2D eigenvalue weighted by Gasteiger charge is 2.17. The van der Waals surface area contributed by atoms with Gasteiger partial charge in [0.05, 0.1) is 10.5 Å². The van der Waals surface area contributed by atoms with Gasteiger partial charge in [0.25, 0.3) is 0 Å². The molecule has 0 aliphatic rings. The Balaban J connectivity index is 3.53. The molecule has 0 saturated heterocycles. The van der Waals surface area contributed by atoms with Crippen LogP contribution in [-0.2, 0) is 9.47 Å². The summed E-state index contributed by atoms with van der Waals surface area (Å²) in [5.41, 5.74) is 0. The Kier molecular flexibility index (Phi) is 13.1. The number of unbranched alkanes of at least 4 members (excludes halogenated alkanes) is 5. The van der Waals surface area contributed by atoms with Crippen molar-refractivity contribution in [2.75, 3.05) is 13.7 Å². The van der Waals surface area contributed by atoms with E-state index in [1.165, 1.54) is 44.9 Å². The molecule has 0 aliphatic heterocycles. The number of methoxy groups -OCH3 is 1. The molecule has 2 nitrogen and oxygen atoms in total. The van der Waals surface area contributed by atoms with Gasteiger partial charge in [0.15, 0.2) is 6.29 Å². The van der Waals surface area contributed by atoms with Crippen LogP contribution in [0.1, 0.15) is 51.9 Å². The second-order valence-corrected chi connectivity index (χ2v) is 5.90. The first kappa shape index (κ1) is 17.4. The maximum Gasteiger partial charge on any atom is 0.169 e. The summed E-state index contributed by atoms with van der Waals surface area (Å²) in [5, 5.41) is 0. The first-order valence-corrected chi connectivity index (χ1v) is 7.90. The fraction of sp³-hybridized carbons (Fsp3) is 0.857.